The number of nitrogens with zero attached hydrogens (tertiary/aromatic N) is 3. The van der Waals surface area contributed by atoms with Gasteiger partial charge in [-0.15, -0.1) is 0 Å². The average molecular weight is 550 g/mol. The quantitative estimate of drug-likeness (QED) is 0.255. The fourth-order valence-electron chi connectivity index (χ4n) is 6.56. The Morgan fingerprint density at radius 2 is 1.15 bits per heavy atom. The van der Waals surface area contributed by atoms with E-state index in [-0.39, 0.29) is 0 Å². The van der Waals surface area contributed by atoms with Gasteiger partial charge in [0.1, 0.15) is 0 Å². The van der Waals surface area contributed by atoms with Gasteiger partial charge in [-0.2, -0.15) is 0 Å². The van der Waals surface area contributed by atoms with Gasteiger partial charge in [-0.05, 0) is 0 Å². The average Bonchev–Trinajstić information content (AvgIpc) is 3.00. The van der Waals surface area contributed by atoms with Crippen LogP contribution in [0.5, 0.6) is 17.2 Å². The predicted octanol–water partition coefficient (Wildman–Crippen LogP) is 5.34. The van der Waals surface area contributed by atoms with E-state index in [1.54, 1.807) is 7.05 Å². The Bertz CT molecular complexity index is 1710. The van der Waals surface area contributed by atoms with Crippen molar-refractivity contribution in [1.29, 1.82) is 0 Å². The molecule has 6 rings (SSSR count). The molecule has 0 saturated heterocycles. The number of hydrogen-bond donors (Lipinski definition) is 0. The van der Waals surface area contributed by atoms with Crippen LogP contribution >= 0.6 is 0 Å². The fraction of sp³-hybridized carbons (Fsp3) is 0.182. The molecule has 2 aliphatic rings. The Labute approximate surface area is 235 Å². The van der Waals surface area contributed by atoms with E-state index in [1.807, 2.05) is 99.9 Å². The van der Waals surface area contributed by atoms with Crippen LogP contribution in [-0.2, 0) is 0 Å². The van der Waals surface area contributed by atoms with E-state index >= 15 is 0 Å². The molecule has 204 valence electrons. The van der Waals surface area contributed by atoms with Crippen molar-refractivity contribution in [2.45, 2.75) is 20.8 Å². The standard InChI is InChI=1S/C33H35N3O3Si/c1-24(34-4)28-18-10-13-21-31(28)37-40(27-16-8-7-9-17-27,35(5)25(2)29-19-11-14-22-32(29)38-40)36(6)26(3)30-20-12-15-23-33(30)39-40/h7-23H,1-6H3. The minimum absolute atomic E-state index is 0.622. The van der Waals surface area contributed by atoms with Crippen molar-refractivity contribution in [3.8, 4) is 17.2 Å². The van der Waals surface area contributed by atoms with Gasteiger partial charge >= 0.3 is 236 Å². The van der Waals surface area contributed by atoms with Crippen LogP contribution in [0.25, 0.3) is 0 Å². The number of benzene rings is 4. The van der Waals surface area contributed by atoms with Gasteiger partial charge in [-0.25, -0.2) is 0 Å². The summed E-state index contributed by atoms with van der Waals surface area (Å²) in [7, 11) is -0.0305. The van der Waals surface area contributed by atoms with Crippen molar-refractivity contribution in [3.05, 3.63) is 120 Å². The normalized spacial score (nSPS) is 20.1. The first-order valence-corrected chi connectivity index (χ1v) is 16.2. The van der Waals surface area contributed by atoms with Gasteiger partial charge in [0.2, 0.25) is 0 Å². The topological polar surface area (TPSA) is 46.1 Å². The van der Waals surface area contributed by atoms with E-state index in [0.29, 0.717) is 17.2 Å². The molecule has 0 radical (unpaired) electrons. The Morgan fingerprint density at radius 1 is 0.675 bits per heavy atom. The number of aliphatic imine (C=N–C) groups is 1. The molecule has 0 saturated carbocycles. The molecule has 40 heavy (non-hydrogen) atoms. The van der Waals surface area contributed by atoms with Gasteiger partial charge in [0.15, 0.2) is 0 Å². The van der Waals surface area contributed by atoms with E-state index in [2.05, 4.69) is 51.6 Å². The molecule has 0 aliphatic carbocycles. The van der Waals surface area contributed by atoms with E-state index in [0.717, 1.165) is 39.0 Å². The van der Waals surface area contributed by atoms with Crippen LogP contribution in [0.15, 0.2) is 108 Å². The fourth-order valence-corrected chi connectivity index (χ4v) is 13.7. The van der Waals surface area contributed by atoms with Crippen LogP contribution in [0, 0.1) is 0 Å². The molecule has 0 atom stereocenters. The molecule has 7 heteroatoms. The summed E-state index contributed by atoms with van der Waals surface area (Å²) in [6.07, 6.45) is 0. The maximum atomic E-state index is 7.72. The molecule has 4 aromatic carbocycles. The van der Waals surface area contributed by atoms with Crippen molar-refractivity contribution < 1.29 is 21.8 Å². The maximum absolute atomic E-state index is 7.72. The summed E-state index contributed by atoms with van der Waals surface area (Å²) < 4.78 is 27.2. The molecule has 0 aromatic heterocycles. The van der Waals surface area contributed by atoms with Crippen LogP contribution in [0.2, 0.25) is 0 Å². The number of rotatable bonds is 4. The number of para-hydroxylation sites is 3. The zero-order chi connectivity index (χ0) is 28.2. The van der Waals surface area contributed by atoms with Crippen molar-refractivity contribution in [2.75, 3.05) is 21.1 Å². The Morgan fingerprint density at radius 3 is 1.70 bits per heavy atom. The Kier molecular flexibility index (Phi) is 5.48. The summed E-state index contributed by atoms with van der Waals surface area (Å²) in [5.41, 5.74) is 5.65. The molecule has 0 fully saturated rings. The first kappa shape index (κ1) is 25.8. The summed E-state index contributed by atoms with van der Waals surface area (Å²) in [6.45, 7) is 6.20. The molecule has 6 nitrogen and oxygen atoms in total. The summed E-state index contributed by atoms with van der Waals surface area (Å²) in [4.78, 5) is 4.51. The van der Waals surface area contributed by atoms with E-state index < -0.39 is 7.68 Å². The molecule has 2 aliphatic heterocycles. The Hall–Kier alpha value is -4.49. The van der Waals surface area contributed by atoms with Crippen LogP contribution in [0.3, 0.4) is 0 Å². The van der Waals surface area contributed by atoms with Crippen LogP contribution < -0.4 is 18.5 Å². The molecule has 0 unspecified atom stereocenters. The summed E-state index contributed by atoms with van der Waals surface area (Å²) >= 11 is 0. The number of hydrogen-bond acceptors (Lipinski definition) is 4. The van der Waals surface area contributed by atoms with E-state index in [4.69, 9.17) is 13.3 Å². The van der Waals surface area contributed by atoms with Gasteiger partial charge in [0, 0.05) is 0 Å². The molecular formula is C33H35N3O3Si. The molecule has 1 spiro atoms. The SMILES string of the molecule is CN=C(C)c1ccccc1O[Si-2]12(c3ccccc3)(Oc3ccccc3C(C)=[N+]1C)Oc1ccccc1C(C)=[N+]2C. The number of fused-ring (bicyclic) bond motifs is 2. The van der Waals surface area contributed by atoms with Gasteiger partial charge < -0.3 is 0 Å². The van der Waals surface area contributed by atoms with Crippen LogP contribution in [-0.4, -0.2) is 54.4 Å². The van der Waals surface area contributed by atoms with E-state index in [1.165, 1.54) is 0 Å². The Balaban J connectivity index is 1.90. The second-order valence-electron chi connectivity index (χ2n) is 10.7. The summed E-state index contributed by atoms with van der Waals surface area (Å²) in [5.74, 6) is 2.02. The zero-order valence-electron chi connectivity index (χ0n) is 23.9. The molecule has 4 aromatic rings. The second-order valence-corrected chi connectivity index (χ2v) is 16.1. The van der Waals surface area contributed by atoms with Gasteiger partial charge in [0.25, 0.3) is 0 Å². The van der Waals surface area contributed by atoms with Gasteiger partial charge in [0.05, 0.1) is 0 Å². The van der Waals surface area contributed by atoms with Gasteiger partial charge in [-0.3, -0.25) is 0 Å². The van der Waals surface area contributed by atoms with Crippen molar-refractivity contribution >= 4 is 30.0 Å². The molecular weight excluding hydrogens is 514 g/mol. The molecule has 2 heterocycles. The molecule has 0 amide bonds. The third kappa shape index (κ3) is 2.95. The van der Waals surface area contributed by atoms with E-state index in [9.17, 15) is 0 Å². The van der Waals surface area contributed by atoms with Crippen LogP contribution in [0.4, 0.5) is 0 Å². The van der Waals surface area contributed by atoms with Crippen LogP contribution in [0.1, 0.15) is 37.5 Å². The zero-order valence-corrected chi connectivity index (χ0v) is 24.9. The van der Waals surface area contributed by atoms with Crippen molar-refractivity contribution in [3.63, 3.8) is 0 Å². The molecule has 0 N–H and O–H groups in total. The predicted molar refractivity (Wildman–Crippen MR) is 163 cm³/mol. The first-order chi connectivity index (χ1) is 19.2. The second kappa shape index (κ2) is 8.50. The van der Waals surface area contributed by atoms with Crippen molar-refractivity contribution in [1.82, 2.24) is 0 Å². The molecule has 0 bridgehead atoms. The van der Waals surface area contributed by atoms with Gasteiger partial charge in [-0.1, -0.05) is 0 Å². The third-order valence-corrected chi connectivity index (χ3v) is 16.2. The van der Waals surface area contributed by atoms with Crippen molar-refractivity contribution in [2.24, 2.45) is 4.99 Å². The summed E-state index contributed by atoms with van der Waals surface area (Å²) in [6, 6.07) is 34.3. The summed E-state index contributed by atoms with van der Waals surface area (Å²) in [5, 5.41) is 0.797. The first-order valence-electron chi connectivity index (χ1n) is 13.6. The third-order valence-electron chi connectivity index (χ3n) is 9.02. The monoisotopic (exact) mass is 549 g/mol. The minimum atomic E-state index is -5.89.